The molecule has 0 aromatic heterocycles. The first-order valence-electron chi connectivity index (χ1n) is 5.98. The molecule has 0 saturated carbocycles. The second-order valence-electron chi connectivity index (χ2n) is 4.27. The molecule has 0 amide bonds. The van der Waals surface area contributed by atoms with E-state index in [1.807, 2.05) is 49.0 Å². The molecule has 0 heterocycles. The van der Waals surface area contributed by atoms with Gasteiger partial charge in [0.15, 0.2) is 0 Å². The van der Waals surface area contributed by atoms with E-state index >= 15 is 0 Å². The smallest absolute Gasteiger partial charge is 0.141 e. The van der Waals surface area contributed by atoms with Crippen molar-refractivity contribution in [1.29, 1.82) is 5.26 Å². The Morgan fingerprint density at radius 1 is 1.35 bits per heavy atom. The Kier molecular flexibility index (Phi) is 5.54. The Labute approximate surface area is 108 Å². The van der Waals surface area contributed by atoms with E-state index in [9.17, 15) is 5.26 Å². The van der Waals surface area contributed by atoms with Gasteiger partial charge in [0.05, 0.1) is 6.07 Å². The van der Waals surface area contributed by atoms with Crippen LogP contribution in [0.1, 0.15) is 26.3 Å². The molecule has 0 fully saturated rings. The van der Waals surface area contributed by atoms with E-state index in [0.717, 1.165) is 17.9 Å². The third kappa shape index (κ3) is 3.76. The number of hydrogen-bond donors (Lipinski definition) is 1. The Morgan fingerprint density at radius 2 is 2.00 bits per heavy atom. The molecule has 2 nitrogen and oxygen atoms in total. The fourth-order valence-electron chi connectivity index (χ4n) is 1.69. The summed E-state index contributed by atoms with van der Waals surface area (Å²) in [6.07, 6.45) is 0. The minimum absolute atomic E-state index is 0.532. The van der Waals surface area contributed by atoms with Crippen LogP contribution in [-0.4, -0.2) is 17.5 Å². The first kappa shape index (κ1) is 14.1. The van der Waals surface area contributed by atoms with Gasteiger partial charge in [0, 0.05) is 5.75 Å². The molecule has 17 heavy (non-hydrogen) atoms. The van der Waals surface area contributed by atoms with Crippen LogP contribution in [0.4, 0.5) is 0 Å². The summed E-state index contributed by atoms with van der Waals surface area (Å²) in [7, 11) is 0. The largest absolute Gasteiger partial charge is 0.295 e. The number of thioether (sulfide) groups is 1. The van der Waals surface area contributed by atoms with E-state index < -0.39 is 5.54 Å². The third-order valence-corrected chi connectivity index (χ3v) is 3.84. The van der Waals surface area contributed by atoms with Gasteiger partial charge in [-0.2, -0.15) is 17.0 Å². The Balaban J connectivity index is 2.97. The lowest BCUT2D eigenvalue weighted by molar-refractivity contribution is 0.490. The molecule has 1 unspecified atom stereocenters. The van der Waals surface area contributed by atoms with Crippen LogP contribution in [0.25, 0.3) is 0 Å². The standard InChI is InChI=1S/C14H20N2S/c1-4-16-14(10-15,11-17-12(2)3)13-8-6-5-7-9-13/h5-9,12,16H,4,11H2,1-3H3. The van der Waals surface area contributed by atoms with E-state index in [4.69, 9.17) is 0 Å². The highest BCUT2D eigenvalue weighted by molar-refractivity contribution is 7.99. The number of nitriles is 1. The second-order valence-corrected chi connectivity index (χ2v) is 5.84. The summed E-state index contributed by atoms with van der Waals surface area (Å²) in [5, 5.41) is 13.4. The lowest BCUT2D eigenvalue weighted by Gasteiger charge is -2.28. The Hall–Kier alpha value is -0.980. The van der Waals surface area contributed by atoms with Crippen molar-refractivity contribution >= 4 is 11.8 Å². The molecule has 1 N–H and O–H groups in total. The van der Waals surface area contributed by atoms with Gasteiger partial charge in [-0.15, -0.1) is 0 Å². The topological polar surface area (TPSA) is 35.8 Å². The number of nitrogens with one attached hydrogen (secondary N) is 1. The van der Waals surface area contributed by atoms with Crippen LogP contribution < -0.4 is 5.32 Å². The van der Waals surface area contributed by atoms with E-state index in [-0.39, 0.29) is 0 Å². The fraction of sp³-hybridized carbons (Fsp3) is 0.500. The highest BCUT2D eigenvalue weighted by atomic mass is 32.2. The third-order valence-electron chi connectivity index (χ3n) is 2.57. The van der Waals surface area contributed by atoms with Crippen LogP contribution in [0.3, 0.4) is 0 Å². The highest BCUT2D eigenvalue weighted by Gasteiger charge is 2.31. The van der Waals surface area contributed by atoms with Crippen LogP contribution in [0.2, 0.25) is 0 Å². The van der Waals surface area contributed by atoms with Crippen LogP contribution in [0.5, 0.6) is 0 Å². The predicted octanol–water partition coefficient (Wildman–Crippen LogP) is 3.16. The SMILES string of the molecule is CCNC(C#N)(CSC(C)C)c1ccccc1. The molecule has 0 radical (unpaired) electrons. The first-order chi connectivity index (χ1) is 8.14. The van der Waals surface area contributed by atoms with E-state index in [1.54, 1.807) is 0 Å². The quantitative estimate of drug-likeness (QED) is 0.840. The van der Waals surface area contributed by atoms with E-state index in [1.165, 1.54) is 0 Å². The number of benzene rings is 1. The fourth-order valence-corrected chi connectivity index (χ4v) is 2.61. The molecule has 0 saturated heterocycles. The van der Waals surface area contributed by atoms with Crippen LogP contribution >= 0.6 is 11.8 Å². The average Bonchev–Trinajstić information content (AvgIpc) is 2.35. The van der Waals surface area contributed by atoms with Gasteiger partial charge in [-0.25, -0.2) is 0 Å². The van der Waals surface area contributed by atoms with Crippen molar-refractivity contribution in [2.24, 2.45) is 0 Å². The van der Waals surface area contributed by atoms with Gasteiger partial charge in [0.25, 0.3) is 0 Å². The number of hydrogen-bond acceptors (Lipinski definition) is 3. The molecule has 1 rings (SSSR count). The first-order valence-corrected chi connectivity index (χ1v) is 7.03. The molecule has 0 aliphatic carbocycles. The van der Waals surface area contributed by atoms with Crippen molar-refractivity contribution < 1.29 is 0 Å². The zero-order valence-electron chi connectivity index (χ0n) is 10.7. The van der Waals surface area contributed by atoms with Gasteiger partial charge in [-0.1, -0.05) is 51.1 Å². The Bertz CT molecular complexity index is 370. The van der Waals surface area contributed by atoms with Gasteiger partial charge in [-0.05, 0) is 17.4 Å². The van der Waals surface area contributed by atoms with Gasteiger partial charge in [0.2, 0.25) is 0 Å². The number of nitrogens with zero attached hydrogens (tertiary/aromatic N) is 1. The zero-order chi connectivity index (χ0) is 12.7. The average molecular weight is 248 g/mol. The summed E-state index contributed by atoms with van der Waals surface area (Å²) < 4.78 is 0. The van der Waals surface area contributed by atoms with Crippen LogP contribution in [0, 0.1) is 11.3 Å². The van der Waals surface area contributed by atoms with Crippen molar-refractivity contribution in [1.82, 2.24) is 5.32 Å². The van der Waals surface area contributed by atoms with E-state index in [2.05, 4.69) is 25.2 Å². The molecule has 3 heteroatoms. The maximum atomic E-state index is 9.55. The molecule has 0 aliphatic rings. The molecular formula is C14H20N2S. The van der Waals surface area contributed by atoms with Crippen molar-refractivity contribution in [3.05, 3.63) is 35.9 Å². The van der Waals surface area contributed by atoms with Gasteiger partial charge in [-0.3, -0.25) is 5.32 Å². The lowest BCUT2D eigenvalue weighted by Crippen LogP contribution is -2.43. The van der Waals surface area contributed by atoms with Crippen molar-refractivity contribution in [3.63, 3.8) is 0 Å². The summed E-state index contributed by atoms with van der Waals surface area (Å²) in [5.74, 6) is 0.777. The molecular weight excluding hydrogens is 228 g/mol. The maximum absolute atomic E-state index is 9.55. The minimum Gasteiger partial charge on any atom is -0.295 e. The molecule has 92 valence electrons. The van der Waals surface area contributed by atoms with Crippen molar-refractivity contribution in [2.45, 2.75) is 31.6 Å². The van der Waals surface area contributed by atoms with Gasteiger partial charge in [0.1, 0.15) is 5.54 Å². The van der Waals surface area contributed by atoms with E-state index in [0.29, 0.717) is 5.25 Å². The monoisotopic (exact) mass is 248 g/mol. The van der Waals surface area contributed by atoms with Gasteiger partial charge >= 0.3 is 0 Å². The van der Waals surface area contributed by atoms with Gasteiger partial charge < -0.3 is 0 Å². The molecule has 1 atom stereocenters. The highest BCUT2D eigenvalue weighted by Crippen LogP contribution is 2.27. The summed E-state index contributed by atoms with van der Waals surface area (Å²) in [6, 6.07) is 12.4. The minimum atomic E-state index is -0.565. The summed E-state index contributed by atoms with van der Waals surface area (Å²) in [5.41, 5.74) is 0.489. The molecule has 1 aromatic carbocycles. The molecule has 1 aromatic rings. The lowest BCUT2D eigenvalue weighted by atomic mass is 9.93. The Morgan fingerprint density at radius 3 is 2.47 bits per heavy atom. The summed E-state index contributed by atoms with van der Waals surface area (Å²) in [4.78, 5) is 0. The van der Waals surface area contributed by atoms with Crippen molar-refractivity contribution in [2.75, 3.05) is 12.3 Å². The van der Waals surface area contributed by atoms with Crippen LogP contribution in [0.15, 0.2) is 30.3 Å². The van der Waals surface area contributed by atoms with Crippen LogP contribution in [-0.2, 0) is 5.54 Å². The molecule has 0 bridgehead atoms. The maximum Gasteiger partial charge on any atom is 0.141 e. The normalized spacial score (nSPS) is 14.3. The summed E-state index contributed by atoms with van der Waals surface area (Å²) in [6.45, 7) is 7.14. The molecule has 0 aliphatic heterocycles. The second kappa shape index (κ2) is 6.68. The molecule has 0 spiro atoms. The predicted molar refractivity (Wildman–Crippen MR) is 75.0 cm³/mol. The number of rotatable bonds is 6. The zero-order valence-corrected chi connectivity index (χ0v) is 11.6. The summed E-state index contributed by atoms with van der Waals surface area (Å²) >= 11 is 1.81. The van der Waals surface area contributed by atoms with Crippen molar-refractivity contribution in [3.8, 4) is 6.07 Å².